The van der Waals surface area contributed by atoms with E-state index in [2.05, 4.69) is 15.2 Å². The topological polar surface area (TPSA) is 79.8 Å². The molecule has 0 unspecified atom stereocenters. The summed E-state index contributed by atoms with van der Waals surface area (Å²) in [6.07, 6.45) is 1.78. The van der Waals surface area contributed by atoms with E-state index >= 15 is 0 Å². The van der Waals surface area contributed by atoms with Gasteiger partial charge in [0.1, 0.15) is 19.0 Å². The summed E-state index contributed by atoms with van der Waals surface area (Å²) in [5, 5.41) is 3.11. The van der Waals surface area contributed by atoms with Crippen LogP contribution in [0, 0.1) is 0 Å². The van der Waals surface area contributed by atoms with Crippen LogP contribution in [0.1, 0.15) is 40.8 Å². The zero-order chi connectivity index (χ0) is 20.4. The fourth-order valence-electron chi connectivity index (χ4n) is 3.82. The fourth-order valence-corrected chi connectivity index (χ4v) is 3.82. The van der Waals surface area contributed by atoms with Crippen molar-refractivity contribution in [2.75, 3.05) is 46.2 Å². The highest BCUT2D eigenvalue weighted by molar-refractivity contribution is 5.95. The first-order valence-corrected chi connectivity index (χ1v) is 9.96. The second kappa shape index (κ2) is 8.24. The molecule has 154 valence electrons. The van der Waals surface area contributed by atoms with Gasteiger partial charge < -0.3 is 24.6 Å². The summed E-state index contributed by atoms with van der Waals surface area (Å²) < 4.78 is 11.2. The Morgan fingerprint density at radius 2 is 2.00 bits per heavy atom. The quantitative estimate of drug-likeness (QED) is 0.829. The van der Waals surface area contributed by atoms with Crippen LogP contribution in [-0.4, -0.2) is 66.6 Å². The molecule has 3 heterocycles. The molecule has 4 rings (SSSR count). The number of anilines is 1. The number of fused-ring (bicyclic) bond motifs is 1. The largest absolute Gasteiger partial charge is 0.486 e. The number of hydrogen-bond donors (Lipinski definition) is 1. The van der Waals surface area contributed by atoms with Crippen LogP contribution < -0.4 is 14.8 Å². The van der Waals surface area contributed by atoms with Crippen molar-refractivity contribution in [3.05, 3.63) is 41.3 Å². The van der Waals surface area contributed by atoms with Crippen molar-refractivity contribution in [1.82, 2.24) is 19.8 Å². The maximum Gasteiger partial charge on any atom is 0.254 e. The highest BCUT2D eigenvalue weighted by Crippen LogP contribution is 2.35. The summed E-state index contributed by atoms with van der Waals surface area (Å²) in [4.78, 5) is 26.7. The van der Waals surface area contributed by atoms with Crippen LogP contribution in [0.15, 0.2) is 24.3 Å². The number of nitrogens with one attached hydrogen (secondary N) is 1. The Kier molecular flexibility index (Phi) is 5.53. The molecule has 0 radical (unpaired) electrons. The van der Waals surface area contributed by atoms with Gasteiger partial charge in [0.2, 0.25) is 0 Å². The molecule has 1 aromatic heterocycles. The van der Waals surface area contributed by atoms with Gasteiger partial charge in [0, 0.05) is 31.8 Å². The lowest BCUT2D eigenvalue weighted by Gasteiger charge is -2.25. The molecule has 0 bridgehead atoms. The normalized spacial score (nSPS) is 18.2. The van der Waals surface area contributed by atoms with Gasteiger partial charge in [-0.15, -0.1) is 0 Å². The molecule has 1 amide bonds. The molecule has 2 aromatic rings. The molecule has 2 aliphatic heterocycles. The smallest absolute Gasteiger partial charge is 0.254 e. The van der Waals surface area contributed by atoms with Crippen LogP contribution in [0.2, 0.25) is 0 Å². The van der Waals surface area contributed by atoms with E-state index in [0.717, 1.165) is 24.4 Å². The number of carbonyl (C=O) groups excluding carboxylic acids is 1. The van der Waals surface area contributed by atoms with Gasteiger partial charge in [0.05, 0.1) is 11.7 Å². The van der Waals surface area contributed by atoms with Crippen LogP contribution in [0.4, 0.5) is 5.82 Å². The summed E-state index contributed by atoms with van der Waals surface area (Å²) >= 11 is 0. The number of benzene rings is 1. The van der Waals surface area contributed by atoms with Crippen LogP contribution in [0.5, 0.6) is 11.5 Å². The second-order valence-corrected chi connectivity index (χ2v) is 7.61. The third kappa shape index (κ3) is 4.12. The van der Waals surface area contributed by atoms with E-state index in [9.17, 15) is 4.79 Å². The minimum atomic E-state index is -0.134. The van der Waals surface area contributed by atoms with Crippen molar-refractivity contribution in [2.45, 2.75) is 25.4 Å². The van der Waals surface area contributed by atoms with Crippen LogP contribution >= 0.6 is 0 Å². The van der Waals surface area contributed by atoms with Crippen LogP contribution in [0.3, 0.4) is 0 Å². The zero-order valence-electron chi connectivity index (χ0n) is 17.1. The molecule has 2 aliphatic rings. The SMILES string of the molecule is CNc1cc(CN(C)C)nc([C@@H]2CCCN2C(=O)c2ccc3c(c2)OCCO3)n1. The maximum absolute atomic E-state index is 13.3. The third-order valence-electron chi connectivity index (χ3n) is 5.13. The average molecular weight is 397 g/mol. The predicted octanol–water partition coefficient (Wildman–Crippen LogP) is 2.33. The fraction of sp³-hybridized carbons (Fsp3) is 0.476. The highest BCUT2D eigenvalue weighted by Gasteiger charge is 2.33. The lowest BCUT2D eigenvalue weighted by Crippen LogP contribution is -2.32. The molecule has 0 aliphatic carbocycles. The number of rotatable bonds is 5. The van der Waals surface area contributed by atoms with E-state index < -0.39 is 0 Å². The van der Waals surface area contributed by atoms with Gasteiger partial charge in [0.25, 0.3) is 5.91 Å². The molecule has 1 N–H and O–H groups in total. The molecular weight excluding hydrogens is 370 g/mol. The van der Waals surface area contributed by atoms with Crippen molar-refractivity contribution >= 4 is 11.7 Å². The lowest BCUT2D eigenvalue weighted by molar-refractivity contribution is 0.0728. The maximum atomic E-state index is 13.3. The second-order valence-electron chi connectivity index (χ2n) is 7.61. The van der Waals surface area contributed by atoms with Crippen molar-refractivity contribution in [3.8, 4) is 11.5 Å². The van der Waals surface area contributed by atoms with Crippen LogP contribution in [-0.2, 0) is 6.54 Å². The average Bonchev–Trinajstić information content (AvgIpc) is 3.22. The predicted molar refractivity (Wildman–Crippen MR) is 109 cm³/mol. The summed E-state index contributed by atoms with van der Waals surface area (Å²) in [5.74, 6) is 2.74. The van der Waals surface area contributed by atoms with E-state index in [1.165, 1.54) is 0 Å². The molecule has 29 heavy (non-hydrogen) atoms. The summed E-state index contributed by atoms with van der Waals surface area (Å²) in [5.41, 5.74) is 1.53. The highest BCUT2D eigenvalue weighted by atomic mass is 16.6. The van der Waals surface area contributed by atoms with E-state index in [-0.39, 0.29) is 11.9 Å². The Morgan fingerprint density at radius 1 is 1.21 bits per heavy atom. The minimum absolute atomic E-state index is 0.0305. The number of amides is 1. The minimum Gasteiger partial charge on any atom is -0.486 e. The van der Waals surface area contributed by atoms with Crippen molar-refractivity contribution < 1.29 is 14.3 Å². The molecule has 1 saturated heterocycles. The summed E-state index contributed by atoms with van der Waals surface area (Å²) in [7, 11) is 5.86. The summed E-state index contributed by atoms with van der Waals surface area (Å²) in [6, 6.07) is 7.19. The third-order valence-corrected chi connectivity index (χ3v) is 5.13. The first kappa shape index (κ1) is 19.4. The number of nitrogens with zero attached hydrogens (tertiary/aromatic N) is 4. The van der Waals surface area contributed by atoms with Gasteiger partial charge in [-0.3, -0.25) is 4.79 Å². The lowest BCUT2D eigenvalue weighted by atomic mass is 10.1. The van der Waals surface area contributed by atoms with Crippen molar-refractivity contribution in [2.24, 2.45) is 0 Å². The molecule has 1 atom stereocenters. The number of hydrogen-bond acceptors (Lipinski definition) is 7. The van der Waals surface area contributed by atoms with Gasteiger partial charge in [-0.05, 0) is 45.1 Å². The Bertz CT molecular complexity index is 902. The standard InChI is InChI=1S/C21H27N5O3/c1-22-19-12-15(13-25(2)3)23-20(24-19)16-5-4-8-26(16)21(27)14-6-7-17-18(11-14)29-10-9-28-17/h6-7,11-12,16H,4-5,8-10,13H2,1-3H3,(H,22,23,24)/t16-/m0/s1. The molecule has 1 fully saturated rings. The Balaban J connectivity index is 1.61. The van der Waals surface area contributed by atoms with Gasteiger partial charge in [-0.1, -0.05) is 0 Å². The van der Waals surface area contributed by atoms with Gasteiger partial charge in [0.15, 0.2) is 17.3 Å². The van der Waals surface area contributed by atoms with Gasteiger partial charge >= 0.3 is 0 Å². The summed E-state index contributed by atoms with van der Waals surface area (Å²) in [6.45, 7) is 2.43. The first-order valence-electron chi connectivity index (χ1n) is 9.96. The zero-order valence-corrected chi connectivity index (χ0v) is 17.1. The Hall–Kier alpha value is -2.87. The molecule has 8 heteroatoms. The van der Waals surface area contributed by atoms with Crippen molar-refractivity contribution in [3.63, 3.8) is 0 Å². The molecule has 0 saturated carbocycles. The van der Waals surface area contributed by atoms with Crippen LogP contribution in [0.25, 0.3) is 0 Å². The number of ether oxygens (including phenoxy) is 2. The van der Waals surface area contributed by atoms with Gasteiger partial charge in [-0.25, -0.2) is 9.97 Å². The van der Waals surface area contributed by atoms with E-state index in [1.54, 1.807) is 18.2 Å². The molecular formula is C21H27N5O3. The van der Waals surface area contributed by atoms with Gasteiger partial charge in [-0.2, -0.15) is 0 Å². The van der Waals surface area contributed by atoms with E-state index in [0.29, 0.717) is 49.2 Å². The Labute approximate surface area is 170 Å². The van der Waals surface area contributed by atoms with Crippen molar-refractivity contribution in [1.29, 1.82) is 0 Å². The monoisotopic (exact) mass is 397 g/mol. The van der Waals surface area contributed by atoms with E-state index in [1.807, 2.05) is 32.1 Å². The molecule has 8 nitrogen and oxygen atoms in total. The Morgan fingerprint density at radius 3 is 2.76 bits per heavy atom. The molecule has 0 spiro atoms. The first-order chi connectivity index (χ1) is 14.0. The molecule has 1 aromatic carbocycles. The van der Waals surface area contributed by atoms with E-state index in [4.69, 9.17) is 14.5 Å². The number of aromatic nitrogens is 2. The number of carbonyl (C=O) groups is 1. The number of likely N-dealkylation sites (tertiary alicyclic amines) is 1.